The molecule has 0 fully saturated rings. The molecular formula is C21H21NO4. The van der Waals surface area contributed by atoms with Crippen LogP contribution in [0.4, 0.5) is 0 Å². The summed E-state index contributed by atoms with van der Waals surface area (Å²) in [4.78, 5) is 4.61. The average Bonchev–Trinajstić information content (AvgIpc) is 3.11. The molecule has 2 aromatic rings. The molecular weight excluding hydrogens is 330 g/mol. The summed E-state index contributed by atoms with van der Waals surface area (Å²) in [6.45, 7) is 3.07. The third-order valence-corrected chi connectivity index (χ3v) is 4.74. The lowest BCUT2D eigenvalue weighted by atomic mass is 9.94. The molecule has 2 aromatic carbocycles. The lowest BCUT2D eigenvalue weighted by Crippen LogP contribution is -2.02. The molecule has 0 saturated carbocycles. The van der Waals surface area contributed by atoms with E-state index in [0.29, 0.717) is 18.0 Å². The molecule has 0 bridgehead atoms. The summed E-state index contributed by atoms with van der Waals surface area (Å²) in [6, 6.07) is 8.08. The largest absolute Gasteiger partial charge is 0.493 e. The van der Waals surface area contributed by atoms with Crippen LogP contribution in [0.15, 0.2) is 29.3 Å². The van der Waals surface area contributed by atoms with Crippen LogP contribution >= 0.6 is 0 Å². The first-order chi connectivity index (χ1) is 12.7. The number of allylic oxidation sites excluding steroid dienone is 1. The van der Waals surface area contributed by atoms with E-state index in [1.54, 1.807) is 14.2 Å². The minimum atomic E-state index is 0.277. The van der Waals surface area contributed by atoms with Crippen LogP contribution < -0.4 is 18.9 Å². The molecule has 0 N–H and O–H groups in total. The second-order valence-corrected chi connectivity index (χ2v) is 6.28. The molecule has 2 heterocycles. The van der Waals surface area contributed by atoms with Gasteiger partial charge in [-0.25, -0.2) is 0 Å². The molecule has 0 spiro atoms. The van der Waals surface area contributed by atoms with Crippen LogP contribution in [0.3, 0.4) is 0 Å². The van der Waals surface area contributed by atoms with Crippen LogP contribution in [0.1, 0.15) is 29.2 Å². The van der Waals surface area contributed by atoms with E-state index in [2.05, 4.69) is 30.1 Å². The fraction of sp³-hybridized carbons (Fsp3) is 0.286. The van der Waals surface area contributed by atoms with Crippen molar-refractivity contribution in [3.63, 3.8) is 0 Å². The summed E-state index contributed by atoms with van der Waals surface area (Å²) in [5, 5.41) is 0. The first-order valence-corrected chi connectivity index (χ1v) is 8.57. The molecule has 0 aliphatic carbocycles. The maximum atomic E-state index is 5.59. The number of benzene rings is 2. The topological polar surface area (TPSA) is 49.3 Å². The molecule has 5 heteroatoms. The quantitative estimate of drug-likeness (QED) is 0.821. The highest BCUT2D eigenvalue weighted by Crippen LogP contribution is 2.39. The molecule has 2 aliphatic heterocycles. The summed E-state index contributed by atoms with van der Waals surface area (Å²) in [5.74, 6) is 3.00. The van der Waals surface area contributed by atoms with Gasteiger partial charge in [0.15, 0.2) is 23.0 Å². The Morgan fingerprint density at radius 3 is 2.62 bits per heavy atom. The third kappa shape index (κ3) is 2.79. The van der Waals surface area contributed by atoms with E-state index in [1.807, 2.05) is 18.3 Å². The monoisotopic (exact) mass is 351 g/mol. The van der Waals surface area contributed by atoms with Gasteiger partial charge in [0.1, 0.15) is 0 Å². The van der Waals surface area contributed by atoms with Crippen molar-refractivity contribution < 1.29 is 18.9 Å². The van der Waals surface area contributed by atoms with Crippen LogP contribution in [0.25, 0.3) is 11.6 Å². The molecule has 0 amide bonds. The van der Waals surface area contributed by atoms with Gasteiger partial charge in [-0.05, 0) is 53.8 Å². The number of methoxy groups -OCH3 is 2. The van der Waals surface area contributed by atoms with Crippen LogP contribution in [0.5, 0.6) is 23.0 Å². The van der Waals surface area contributed by atoms with Crippen molar-refractivity contribution in [2.45, 2.75) is 13.3 Å². The molecule has 0 unspecified atom stereocenters. The predicted molar refractivity (Wildman–Crippen MR) is 102 cm³/mol. The fourth-order valence-electron chi connectivity index (χ4n) is 3.43. The summed E-state index contributed by atoms with van der Waals surface area (Å²) in [7, 11) is 3.29. The molecule has 5 nitrogen and oxygen atoms in total. The van der Waals surface area contributed by atoms with Crippen LogP contribution in [-0.2, 0) is 6.42 Å². The maximum absolute atomic E-state index is 5.59. The van der Waals surface area contributed by atoms with Crippen LogP contribution in [0.2, 0.25) is 0 Å². The van der Waals surface area contributed by atoms with Gasteiger partial charge >= 0.3 is 0 Å². The van der Waals surface area contributed by atoms with Crippen LogP contribution in [0, 0.1) is 0 Å². The minimum absolute atomic E-state index is 0.277. The summed E-state index contributed by atoms with van der Waals surface area (Å²) in [5.41, 5.74) is 5.49. The lowest BCUT2D eigenvalue weighted by molar-refractivity contribution is 0.174. The number of fused-ring (bicyclic) bond motifs is 3. The van der Waals surface area contributed by atoms with E-state index in [1.165, 1.54) is 5.56 Å². The van der Waals surface area contributed by atoms with Crippen molar-refractivity contribution in [1.29, 1.82) is 0 Å². The number of hydrogen-bond donors (Lipinski definition) is 0. The number of ether oxygens (including phenoxy) is 4. The summed E-state index contributed by atoms with van der Waals surface area (Å²) >= 11 is 0. The van der Waals surface area contributed by atoms with E-state index in [0.717, 1.165) is 40.2 Å². The van der Waals surface area contributed by atoms with Crippen molar-refractivity contribution in [2.75, 3.05) is 27.6 Å². The van der Waals surface area contributed by atoms with Gasteiger partial charge in [-0.3, -0.25) is 4.99 Å². The maximum Gasteiger partial charge on any atom is 0.231 e. The van der Waals surface area contributed by atoms with E-state index in [4.69, 9.17) is 18.9 Å². The Kier molecular flexibility index (Phi) is 4.29. The smallest absolute Gasteiger partial charge is 0.231 e. The fourth-order valence-corrected chi connectivity index (χ4v) is 3.43. The van der Waals surface area contributed by atoms with Gasteiger partial charge in [0.25, 0.3) is 0 Å². The van der Waals surface area contributed by atoms with Gasteiger partial charge in [-0.15, -0.1) is 0 Å². The standard InChI is InChI=1S/C21H21NO4/c1-13-8-14-4-5-18(23-2)21(24-3)17(14)11-22-7-6-15-9-19-20(10-16(13)15)26-12-25-19/h4-5,8-11H,6-7,12H2,1-3H3. The zero-order chi connectivity index (χ0) is 18.1. The van der Waals surface area contributed by atoms with Crippen molar-refractivity contribution >= 4 is 17.9 Å². The number of hydrogen-bond acceptors (Lipinski definition) is 5. The highest BCUT2D eigenvalue weighted by Gasteiger charge is 2.19. The zero-order valence-electron chi connectivity index (χ0n) is 15.2. The van der Waals surface area contributed by atoms with Gasteiger partial charge in [0.05, 0.1) is 14.2 Å². The molecule has 0 saturated heterocycles. The Morgan fingerprint density at radius 2 is 1.85 bits per heavy atom. The Balaban J connectivity index is 1.89. The molecule has 4 rings (SSSR count). The van der Waals surface area contributed by atoms with Crippen molar-refractivity contribution in [2.24, 2.45) is 4.99 Å². The van der Waals surface area contributed by atoms with Gasteiger partial charge < -0.3 is 18.9 Å². The number of rotatable bonds is 2. The first kappa shape index (κ1) is 16.5. The second kappa shape index (κ2) is 6.75. The van der Waals surface area contributed by atoms with E-state index in [9.17, 15) is 0 Å². The summed E-state index contributed by atoms with van der Waals surface area (Å²) < 4.78 is 22.1. The Morgan fingerprint density at radius 1 is 1.04 bits per heavy atom. The second-order valence-electron chi connectivity index (χ2n) is 6.28. The van der Waals surface area contributed by atoms with Gasteiger partial charge in [-0.2, -0.15) is 0 Å². The average molecular weight is 351 g/mol. The summed E-state index contributed by atoms with van der Waals surface area (Å²) in [6.07, 6.45) is 4.85. The SMILES string of the molecule is COc1ccc2c(c1OC)C=NCCc1cc3c(cc1C(C)=C2)OCO3. The Bertz CT molecular complexity index is 915. The minimum Gasteiger partial charge on any atom is -0.493 e. The molecule has 26 heavy (non-hydrogen) atoms. The van der Waals surface area contributed by atoms with E-state index < -0.39 is 0 Å². The normalized spacial score (nSPS) is 15.0. The van der Waals surface area contributed by atoms with Crippen molar-refractivity contribution in [3.8, 4) is 23.0 Å². The first-order valence-electron chi connectivity index (χ1n) is 8.57. The molecule has 0 atom stereocenters. The number of nitrogens with zero attached hydrogens (tertiary/aromatic N) is 1. The zero-order valence-corrected chi connectivity index (χ0v) is 15.2. The highest BCUT2D eigenvalue weighted by atomic mass is 16.7. The van der Waals surface area contributed by atoms with Gasteiger partial charge in [0.2, 0.25) is 6.79 Å². The Labute approximate surface area is 152 Å². The molecule has 2 aliphatic rings. The van der Waals surface area contributed by atoms with E-state index >= 15 is 0 Å². The van der Waals surface area contributed by atoms with E-state index in [-0.39, 0.29) is 6.79 Å². The third-order valence-electron chi connectivity index (χ3n) is 4.74. The van der Waals surface area contributed by atoms with Gasteiger partial charge in [-0.1, -0.05) is 12.1 Å². The molecule has 0 radical (unpaired) electrons. The highest BCUT2D eigenvalue weighted by molar-refractivity contribution is 5.94. The van der Waals surface area contributed by atoms with Gasteiger partial charge in [0, 0.05) is 18.3 Å². The van der Waals surface area contributed by atoms with Crippen molar-refractivity contribution in [1.82, 2.24) is 0 Å². The molecule has 134 valence electrons. The van der Waals surface area contributed by atoms with Crippen LogP contribution in [-0.4, -0.2) is 33.8 Å². The number of aliphatic imine (C=N–C) groups is 1. The van der Waals surface area contributed by atoms with Crippen molar-refractivity contribution in [3.05, 3.63) is 46.5 Å². The Hall–Kier alpha value is -2.95. The molecule has 0 aromatic heterocycles. The lowest BCUT2D eigenvalue weighted by Gasteiger charge is -2.16. The predicted octanol–water partition coefficient (Wildman–Crippen LogP) is 3.97.